The highest BCUT2D eigenvalue weighted by Crippen LogP contribution is 2.37. The maximum absolute atomic E-state index is 6.65. The summed E-state index contributed by atoms with van der Waals surface area (Å²) in [6.07, 6.45) is 0.989. The lowest BCUT2D eigenvalue weighted by molar-refractivity contribution is 0.315. The standard InChI is InChI=1S/C17H17Br2ClO/c1-3-8-21-16-7-5-12(10-15(16)19)17(20)13-9-11(2)4-6-14(13)18/h4-7,9-10,17H,3,8H2,1-2H3. The van der Waals surface area contributed by atoms with E-state index in [-0.39, 0.29) is 5.38 Å². The molecule has 1 unspecified atom stereocenters. The van der Waals surface area contributed by atoms with Crippen LogP contribution in [-0.2, 0) is 0 Å². The molecule has 1 atom stereocenters. The Bertz CT molecular complexity index is 628. The van der Waals surface area contributed by atoms with Gasteiger partial charge in [0, 0.05) is 4.47 Å². The molecule has 4 heteroatoms. The maximum atomic E-state index is 6.65. The number of benzene rings is 2. The van der Waals surface area contributed by atoms with Crippen molar-refractivity contribution in [3.05, 3.63) is 62.0 Å². The number of alkyl halides is 1. The van der Waals surface area contributed by atoms with Crippen molar-refractivity contribution in [1.29, 1.82) is 0 Å². The summed E-state index contributed by atoms with van der Waals surface area (Å²) in [4.78, 5) is 0. The molecule has 0 radical (unpaired) electrons. The van der Waals surface area contributed by atoms with Crippen LogP contribution >= 0.6 is 43.5 Å². The van der Waals surface area contributed by atoms with Gasteiger partial charge in [0.15, 0.2) is 0 Å². The van der Waals surface area contributed by atoms with Crippen molar-refractivity contribution in [2.24, 2.45) is 0 Å². The Morgan fingerprint density at radius 2 is 1.86 bits per heavy atom. The van der Waals surface area contributed by atoms with Gasteiger partial charge in [-0.25, -0.2) is 0 Å². The molecule has 2 aromatic carbocycles. The van der Waals surface area contributed by atoms with E-state index >= 15 is 0 Å². The molecule has 0 aliphatic heterocycles. The highest BCUT2D eigenvalue weighted by molar-refractivity contribution is 9.10. The lowest BCUT2D eigenvalue weighted by atomic mass is 10.0. The summed E-state index contributed by atoms with van der Waals surface area (Å²) in [6, 6.07) is 12.2. The maximum Gasteiger partial charge on any atom is 0.133 e. The molecule has 0 bridgehead atoms. The van der Waals surface area contributed by atoms with Crippen LogP contribution in [0.3, 0.4) is 0 Å². The smallest absolute Gasteiger partial charge is 0.133 e. The molecule has 0 N–H and O–H groups in total. The van der Waals surface area contributed by atoms with Crippen LogP contribution < -0.4 is 4.74 Å². The van der Waals surface area contributed by atoms with Gasteiger partial charge in [0.05, 0.1) is 16.5 Å². The van der Waals surface area contributed by atoms with Crippen molar-refractivity contribution in [1.82, 2.24) is 0 Å². The number of halogens is 3. The number of hydrogen-bond donors (Lipinski definition) is 0. The second kappa shape index (κ2) is 7.66. The average molecular weight is 433 g/mol. The van der Waals surface area contributed by atoms with Crippen LogP contribution in [0.25, 0.3) is 0 Å². The molecule has 0 aromatic heterocycles. The molecule has 0 spiro atoms. The summed E-state index contributed by atoms with van der Waals surface area (Å²) in [5.74, 6) is 0.854. The van der Waals surface area contributed by atoms with Crippen LogP contribution in [0.2, 0.25) is 0 Å². The Balaban J connectivity index is 2.29. The van der Waals surface area contributed by atoms with E-state index in [4.69, 9.17) is 16.3 Å². The number of ether oxygens (including phenoxy) is 1. The number of hydrogen-bond acceptors (Lipinski definition) is 1. The third-order valence-electron chi connectivity index (χ3n) is 3.13. The third-order valence-corrected chi connectivity index (χ3v) is 4.96. The van der Waals surface area contributed by atoms with Gasteiger partial charge in [-0.2, -0.15) is 0 Å². The van der Waals surface area contributed by atoms with Crippen LogP contribution in [-0.4, -0.2) is 6.61 Å². The second-order valence-corrected chi connectivity index (χ2v) is 7.07. The molecule has 1 nitrogen and oxygen atoms in total. The van der Waals surface area contributed by atoms with E-state index in [1.807, 2.05) is 24.3 Å². The van der Waals surface area contributed by atoms with Crippen LogP contribution in [0.15, 0.2) is 45.3 Å². The average Bonchev–Trinajstić information content (AvgIpc) is 2.47. The summed E-state index contributed by atoms with van der Waals surface area (Å²) in [5.41, 5.74) is 3.31. The number of aryl methyl sites for hydroxylation is 1. The molecule has 0 saturated carbocycles. The van der Waals surface area contributed by atoms with Crippen LogP contribution in [0, 0.1) is 6.92 Å². The zero-order valence-corrected chi connectivity index (χ0v) is 15.9. The molecule has 21 heavy (non-hydrogen) atoms. The Morgan fingerprint density at radius 3 is 2.52 bits per heavy atom. The van der Waals surface area contributed by atoms with Crippen molar-refractivity contribution < 1.29 is 4.74 Å². The molecule has 0 aliphatic rings. The first kappa shape index (κ1) is 16.9. The first-order valence-corrected chi connectivity index (χ1v) is 8.87. The summed E-state index contributed by atoms with van der Waals surface area (Å²) >= 11 is 13.8. The van der Waals surface area contributed by atoms with Crippen LogP contribution in [0.4, 0.5) is 0 Å². The third kappa shape index (κ3) is 4.24. The molecule has 0 heterocycles. The Labute approximate surface area is 147 Å². The monoisotopic (exact) mass is 430 g/mol. The highest BCUT2D eigenvalue weighted by Gasteiger charge is 2.15. The van der Waals surface area contributed by atoms with E-state index in [2.05, 4.69) is 57.8 Å². The van der Waals surface area contributed by atoms with Gasteiger partial charge in [0.25, 0.3) is 0 Å². The Kier molecular flexibility index (Phi) is 6.15. The Morgan fingerprint density at radius 1 is 1.10 bits per heavy atom. The normalized spacial score (nSPS) is 12.2. The minimum atomic E-state index is -0.198. The van der Waals surface area contributed by atoms with E-state index in [1.165, 1.54) is 5.56 Å². The summed E-state index contributed by atoms with van der Waals surface area (Å²) < 4.78 is 7.63. The van der Waals surface area contributed by atoms with E-state index in [1.54, 1.807) is 0 Å². The quantitative estimate of drug-likeness (QED) is 0.482. The molecule has 2 rings (SSSR count). The fourth-order valence-corrected chi connectivity index (χ4v) is 3.48. The van der Waals surface area contributed by atoms with Crippen molar-refractivity contribution in [2.75, 3.05) is 6.61 Å². The fraction of sp³-hybridized carbons (Fsp3) is 0.294. The van der Waals surface area contributed by atoms with E-state index < -0.39 is 0 Å². The van der Waals surface area contributed by atoms with E-state index in [0.717, 1.165) is 32.2 Å². The molecular weight excluding hydrogens is 415 g/mol. The van der Waals surface area contributed by atoms with Crippen molar-refractivity contribution in [2.45, 2.75) is 25.6 Å². The van der Waals surface area contributed by atoms with Gasteiger partial charge in [0.2, 0.25) is 0 Å². The SMILES string of the molecule is CCCOc1ccc(C(Cl)c2cc(C)ccc2Br)cc1Br. The van der Waals surface area contributed by atoms with E-state index in [9.17, 15) is 0 Å². The Hall–Kier alpha value is -0.510. The minimum Gasteiger partial charge on any atom is -0.492 e. The van der Waals surface area contributed by atoms with Crippen molar-refractivity contribution >= 4 is 43.5 Å². The molecule has 0 fully saturated rings. The molecule has 0 amide bonds. The first-order valence-electron chi connectivity index (χ1n) is 6.85. The highest BCUT2D eigenvalue weighted by atomic mass is 79.9. The predicted octanol–water partition coefficient (Wildman–Crippen LogP) is 6.64. The van der Waals surface area contributed by atoms with Crippen LogP contribution in [0.5, 0.6) is 5.75 Å². The van der Waals surface area contributed by atoms with Gasteiger partial charge in [-0.3, -0.25) is 0 Å². The summed E-state index contributed by atoms with van der Waals surface area (Å²) in [6.45, 7) is 4.87. The molecule has 2 aromatic rings. The lowest BCUT2D eigenvalue weighted by Crippen LogP contribution is -1.99. The molecule has 0 saturated heterocycles. The van der Waals surface area contributed by atoms with Gasteiger partial charge in [0.1, 0.15) is 5.75 Å². The largest absolute Gasteiger partial charge is 0.492 e. The van der Waals surface area contributed by atoms with Crippen molar-refractivity contribution in [3.63, 3.8) is 0 Å². The van der Waals surface area contributed by atoms with Gasteiger partial charge >= 0.3 is 0 Å². The fourth-order valence-electron chi connectivity index (χ4n) is 2.04. The van der Waals surface area contributed by atoms with Crippen molar-refractivity contribution in [3.8, 4) is 5.75 Å². The van der Waals surface area contributed by atoms with Gasteiger partial charge in [-0.15, -0.1) is 11.6 Å². The summed E-state index contributed by atoms with van der Waals surface area (Å²) in [5, 5.41) is -0.198. The first-order chi connectivity index (χ1) is 10.0. The topological polar surface area (TPSA) is 9.23 Å². The summed E-state index contributed by atoms with van der Waals surface area (Å²) in [7, 11) is 0. The van der Waals surface area contributed by atoms with Gasteiger partial charge in [-0.1, -0.05) is 46.6 Å². The van der Waals surface area contributed by atoms with Gasteiger partial charge < -0.3 is 4.74 Å². The van der Waals surface area contributed by atoms with E-state index in [0.29, 0.717) is 6.61 Å². The molecule has 112 valence electrons. The predicted molar refractivity (Wildman–Crippen MR) is 96.5 cm³/mol. The second-order valence-electron chi connectivity index (χ2n) is 4.93. The van der Waals surface area contributed by atoms with Crippen LogP contribution in [0.1, 0.15) is 35.4 Å². The molecular formula is C17H17Br2ClO. The lowest BCUT2D eigenvalue weighted by Gasteiger charge is -2.15. The zero-order chi connectivity index (χ0) is 15.4. The minimum absolute atomic E-state index is 0.198. The number of rotatable bonds is 5. The van der Waals surface area contributed by atoms with Gasteiger partial charge in [-0.05, 0) is 58.6 Å². The zero-order valence-electron chi connectivity index (χ0n) is 12.0. The molecule has 0 aliphatic carbocycles.